The first-order chi connectivity index (χ1) is 12.5. The summed E-state index contributed by atoms with van der Waals surface area (Å²) in [4.78, 5) is 13.2. The van der Waals surface area contributed by atoms with Crippen LogP contribution in [0.3, 0.4) is 0 Å². The van der Waals surface area contributed by atoms with Gasteiger partial charge in [0.15, 0.2) is 0 Å². The molecule has 1 fully saturated rings. The molecule has 1 saturated heterocycles. The quantitative estimate of drug-likeness (QED) is 0.659. The number of nitrogens with zero attached hydrogens (tertiary/aromatic N) is 1. The van der Waals surface area contributed by atoms with Gasteiger partial charge in [0.1, 0.15) is 0 Å². The number of fused-ring (bicyclic) bond motifs is 1. The summed E-state index contributed by atoms with van der Waals surface area (Å²) in [6, 6.07) is 15.4. The number of carboxylic acids is 1. The Hall–Kier alpha value is -1.60. The van der Waals surface area contributed by atoms with Crippen molar-refractivity contribution in [1.29, 1.82) is 0 Å². The summed E-state index contributed by atoms with van der Waals surface area (Å²) in [7, 11) is 0. The summed E-state index contributed by atoms with van der Waals surface area (Å²) in [5.74, 6) is -0.999. The molecule has 4 rings (SSSR count). The van der Waals surface area contributed by atoms with Crippen LogP contribution < -0.4 is 18.9 Å². The van der Waals surface area contributed by atoms with Gasteiger partial charge in [-0.05, 0) is 24.0 Å². The van der Waals surface area contributed by atoms with E-state index in [4.69, 9.17) is 5.11 Å². The monoisotopic (exact) mass is 359 g/mol. The third-order valence-corrected chi connectivity index (χ3v) is 5.05. The molecule has 138 valence electrons. The van der Waals surface area contributed by atoms with E-state index in [0.717, 1.165) is 12.8 Å². The maximum absolute atomic E-state index is 11.9. The molecule has 2 aromatic rings. The van der Waals surface area contributed by atoms with Gasteiger partial charge in [0.2, 0.25) is 0 Å². The molecule has 1 aliphatic carbocycles. The van der Waals surface area contributed by atoms with E-state index >= 15 is 0 Å². The molecular formula is C22H23FLiNO2-2. The number of rotatable bonds is 3. The number of likely N-dealkylation sites (tertiary alicyclic amines) is 1. The molecule has 5 heteroatoms. The number of hydrogen-bond acceptors (Lipinski definition) is 2. The molecule has 2 aliphatic rings. The van der Waals surface area contributed by atoms with Crippen LogP contribution >= 0.6 is 0 Å². The van der Waals surface area contributed by atoms with Crippen LogP contribution in [0.2, 0.25) is 0 Å². The van der Waals surface area contributed by atoms with Gasteiger partial charge in [-0.1, -0.05) is 18.2 Å². The molecular weight excluding hydrogens is 336 g/mol. The average Bonchev–Trinajstić information content (AvgIpc) is 2.97. The standard InChI is InChI=1S/C16H19NO2.C6H4F.Li/c1-10(2)11-3-5-14-12(7-11)4-6-15(14)17-8-13(9-17)16(18)19;7-6-4-2-1-3-5-6;/h3,5,7,10,13,15H,1-2,4,6,8-9H2,(H,18,19);1-2,4-5H;/q-2;-1;+1. The van der Waals surface area contributed by atoms with Crippen molar-refractivity contribution < 1.29 is 33.2 Å². The van der Waals surface area contributed by atoms with Crippen molar-refractivity contribution in [1.82, 2.24) is 4.90 Å². The summed E-state index contributed by atoms with van der Waals surface area (Å²) < 4.78 is 11.9. The van der Waals surface area contributed by atoms with Crippen molar-refractivity contribution in [2.75, 3.05) is 13.1 Å². The zero-order valence-corrected chi connectivity index (χ0v) is 15.7. The van der Waals surface area contributed by atoms with Crippen LogP contribution in [0.1, 0.15) is 35.1 Å². The largest absolute Gasteiger partial charge is 1.00 e. The van der Waals surface area contributed by atoms with Crippen LogP contribution in [-0.2, 0) is 11.2 Å². The van der Waals surface area contributed by atoms with Crippen molar-refractivity contribution >= 4 is 5.97 Å². The molecule has 2 aromatic carbocycles. The van der Waals surface area contributed by atoms with Crippen LogP contribution in [-0.4, -0.2) is 29.1 Å². The first-order valence-electron chi connectivity index (χ1n) is 8.83. The fourth-order valence-corrected chi connectivity index (χ4v) is 3.54. The summed E-state index contributed by atoms with van der Waals surface area (Å²) in [5.41, 5.74) is 3.94. The Labute approximate surface area is 172 Å². The molecule has 3 nitrogen and oxygen atoms in total. The predicted octanol–water partition coefficient (Wildman–Crippen LogP) is 1.07. The number of carboxylic acid groups (broad SMARTS) is 1. The maximum atomic E-state index is 11.9. The summed E-state index contributed by atoms with van der Waals surface area (Å²) >= 11 is 0. The van der Waals surface area contributed by atoms with Crippen molar-refractivity contribution in [3.05, 3.63) is 84.9 Å². The van der Waals surface area contributed by atoms with E-state index in [1.165, 1.54) is 28.8 Å². The molecule has 1 heterocycles. The Balaban J connectivity index is 0.000000278. The number of halogens is 1. The third kappa shape index (κ3) is 5.23. The third-order valence-electron chi connectivity index (χ3n) is 5.05. The van der Waals surface area contributed by atoms with E-state index < -0.39 is 5.97 Å². The smallest absolute Gasteiger partial charge is 0.481 e. The molecule has 27 heavy (non-hydrogen) atoms. The predicted molar refractivity (Wildman–Crippen MR) is 98.9 cm³/mol. The average molecular weight is 359 g/mol. The SMILES string of the molecule is Fc1c[c-]ccc1.[CH2-]C([CH2-])c1ccc2c(c1)CCC2N1CC(C(=O)O)C1.[Li+]. The van der Waals surface area contributed by atoms with Gasteiger partial charge in [-0.3, -0.25) is 20.0 Å². The Morgan fingerprint density at radius 3 is 2.56 bits per heavy atom. The molecule has 0 spiro atoms. The van der Waals surface area contributed by atoms with E-state index in [-0.39, 0.29) is 36.5 Å². The van der Waals surface area contributed by atoms with Gasteiger partial charge >= 0.3 is 24.8 Å². The van der Waals surface area contributed by atoms with Crippen molar-refractivity contribution in [2.45, 2.75) is 24.8 Å². The molecule has 0 saturated carbocycles. The van der Waals surface area contributed by atoms with Crippen molar-refractivity contribution in [2.24, 2.45) is 5.92 Å². The molecule has 1 unspecified atom stereocenters. The van der Waals surface area contributed by atoms with E-state index in [2.05, 4.69) is 43.0 Å². The van der Waals surface area contributed by atoms with Gasteiger partial charge < -0.3 is 19.0 Å². The molecule has 1 atom stereocenters. The molecule has 0 bridgehead atoms. The van der Waals surface area contributed by atoms with Crippen LogP contribution in [0.5, 0.6) is 0 Å². The second kappa shape index (κ2) is 9.55. The number of hydrogen-bond donors (Lipinski definition) is 1. The minimum absolute atomic E-state index is 0. The Morgan fingerprint density at radius 1 is 1.30 bits per heavy atom. The van der Waals surface area contributed by atoms with E-state index in [0.29, 0.717) is 19.1 Å². The van der Waals surface area contributed by atoms with Crippen molar-refractivity contribution in [3.8, 4) is 0 Å². The van der Waals surface area contributed by atoms with Crippen LogP contribution in [0.4, 0.5) is 4.39 Å². The van der Waals surface area contributed by atoms with Crippen LogP contribution in [0.15, 0.2) is 42.5 Å². The van der Waals surface area contributed by atoms with Gasteiger partial charge in [-0.2, -0.15) is 18.2 Å². The topological polar surface area (TPSA) is 40.5 Å². The zero-order chi connectivity index (χ0) is 18.7. The van der Waals surface area contributed by atoms with Gasteiger partial charge in [-0.25, -0.2) is 0 Å². The maximum Gasteiger partial charge on any atom is 1.00 e. The fourth-order valence-electron chi connectivity index (χ4n) is 3.54. The van der Waals surface area contributed by atoms with E-state index in [9.17, 15) is 9.18 Å². The van der Waals surface area contributed by atoms with Crippen LogP contribution in [0.25, 0.3) is 0 Å². The normalized spacial score (nSPS) is 18.7. The summed E-state index contributed by atoms with van der Waals surface area (Å²) in [6.07, 6.45) is 2.18. The molecule has 0 radical (unpaired) electrons. The molecule has 0 aromatic heterocycles. The fraction of sp³-hybridized carbons (Fsp3) is 0.318. The van der Waals surface area contributed by atoms with E-state index in [1.54, 1.807) is 12.1 Å². The van der Waals surface area contributed by atoms with E-state index in [1.807, 2.05) is 0 Å². The first-order valence-corrected chi connectivity index (χ1v) is 8.83. The Bertz CT molecular complexity index is 760. The summed E-state index contributed by atoms with van der Waals surface area (Å²) in [6.45, 7) is 9.29. The first kappa shape index (κ1) is 21.7. The zero-order valence-electron chi connectivity index (χ0n) is 15.7. The number of benzene rings is 2. The number of aryl methyl sites for hydroxylation is 1. The Kier molecular flexibility index (Phi) is 7.67. The van der Waals surface area contributed by atoms with Gasteiger partial charge in [0.25, 0.3) is 0 Å². The second-order valence-electron chi connectivity index (χ2n) is 6.92. The Morgan fingerprint density at radius 2 is 2.04 bits per heavy atom. The minimum atomic E-state index is -0.665. The molecule has 1 N–H and O–H groups in total. The van der Waals surface area contributed by atoms with Gasteiger partial charge in [-0.15, -0.1) is 17.7 Å². The second-order valence-corrected chi connectivity index (χ2v) is 6.92. The molecule has 0 amide bonds. The summed E-state index contributed by atoms with van der Waals surface area (Å²) in [5, 5.41) is 8.95. The molecule has 1 aliphatic heterocycles. The van der Waals surface area contributed by atoms with Crippen molar-refractivity contribution in [3.63, 3.8) is 0 Å². The van der Waals surface area contributed by atoms with Crippen LogP contribution in [0, 0.1) is 31.6 Å². The van der Waals surface area contributed by atoms with Gasteiger partial charge in [0, 0.05) is 24.9 Å². The van der Waals surface area contributed by atoms with Gasteiger partial charge in [0.05, 0.1) is 5.92 Å². The number of carbonyl (C=O) groups is 1. The number of aliphatic carboxylic acids is 1. The minimum Gasteiger partial charge on any atom is -0.481 e.